The van der Waals surface area contributed by atoms with Gasteiger partial charge in [-0.25, -0.2) is 4.79 Å². The van der Waals surface area contributed by atoms with Gasteiger partial charge in [0.15, 0.2) is 0 Å². The van der Waals surface area contributed by atoms with Gasteiger partial charge in [-0.3, -0.25) is 9.69 Å². The Hall–Kier alpha value is -2.08. The Morgan fingerprint density at radius 1 is 1.22 bits per heavy atom. The predicted octanol–water partition coefficient (Wildman–Crippen LogP) is 2.73. The zero-order valence-electron chi connectivity index (χ0n) is 16.4. The first kappa shape index (κ1) is 19.7. The maximum absolute atomic E-state index is 12.5. The molecule has 2 aliphatic rings. The van der Waals surface area contributed by atoms with Gasteiger partial charge in [0.2, 0.25) is 5.91 Å². The second kappa shape index (κ2) is 9.22. The van der Waals surface area contributed by atoms with Crippen LogP contribution in [0.5, 0.6) is 0 Å². The normalized spacial score (nSPS) is 20.3. The number of likely N-dealkylation sites (N-methyl/N-ethyl adjacent to an activating group) is 1. The van der Waals surface area contributed by atoms with E-state index in [9.17, 15) is 9.59 Å². The summed E-state index contributed by atoms with van der Waals surface area (Å²) in [6.07, 6.45) is 4.70. The van der Waals surface area contributed by atoms with Crippen LogP contribution < -0.4 is 5.32 Å². The molecule has 1 aliphatic carbocycles. The molecule has 1 aromatic rings. The Kier molecular flexibility index (Phi) is 6.72. The summed E-state index contributed by atoms with van der Waals surface area (Å²) in [5.41, 5.74) is 2.77. The first-order chi connectivity index (χ1) is 13.1. The smallest absolute Gasteiger partial charge is 0.409 e. The van der Waals surface area contributed by atoms with Crippen LogP contribution in [0, 0.1) is 0 Å². The number of hydrogen-bond acceptors (Lipinski definition) is 4. The molecule has 1 N–H and O–H groups in total. The van der Waals surface area contributed by atoms with Crippen molar-refractivity contribution in [1.29, 1.82) is 0 Å². The SMILES string of the molecule is CCOC(=O)N1CCC(NC(=O)CN(C)[C@H]2CCCc3ccccc32)CC1. The molecule has 6 heteroatoms. The summed E-state index contributed by atoms with van der Waals surface area (Å²) in [5.74, 6) is 0.0649. The number of fused-ring (bicyclic) bond motifs is 1. The van der Waals surface area contributed by atoms with E-state index in [2.05, 4.69) is 34.5 Å². The number of amides is 2. The fourth-order valence-corrected chi connectivity index (χ4v) is 4.22. The minimum atomic E-state index is -0.252. The standard InChI is InChI=1S/C21H31N3O3/c1-3-27-21(26)24-13-11-17(12-14-24)22-20(25)15-23(2)19-10-6-8-16-7-4-5-9-18(16)19/h4-5,7,9,17,19H,3,6,8,10-15H2,1-2H3,(H,22,25)/t19-/m0/s1. The molecule has 0 saturated carbocycles. The number of aryl methyl sites for hydroxylation is 1. The van der Waals surface area contributed by atoms with Crippen LogP contribution in [0.1, 0.15) is 49.8 Å². The molecule has 0 unspecified atom stereocenters. The predicted molar refractivity (Wildman–Crippen MR) is 105 cm³/mol. The van der Waals surface area contributed by atoms with Crippen LogP contribution in [0.3, 0.4) is 0 Å². The quantitative estimate of drug-likeness (QED) is 0.862. The van der Waals surface area contributed by atoms with Crippen LogP contribution in [0.15, 0.2) is 24.3 Å². The van der Waals surface area contributed by atoms with Crippen molar-refractivity contribution in [2.45, 2.75) is 51.1 Å². The zero-order valence-corrected chi connectivity index (χ0v) is 16.4. The van der Waals surface area contributed by atoms with Gasteiger partial charge >= 0.3 is 6.09 Å². The van der Waals surface area contributed by atoms with Crippen LogP contribution in [0.2, 0.25) is 0 Å². The monoisotopic (exact) mass is 373 g/mol. The number of hydrogen-bond donors (Lipinski definition) is 1. The Morgan fingerprint density at radius 3 is 2.70 bits per heavy atom. The molecule has 0 radical (unpaired) electrons. The maximum atomic E-state index is 12.5. The van der Waals surface area contributed by atoms with E-state index in [0.717, 1.165) is 25.7 Å². The van der Waals surface area contributed by atoms with Crippen LogP contribution >= 0.6 is 0 Å². The number of likely N-dealkylation sites (tertiary alicyclic amines) is 1. The Labute approximate surface area is 161 Å². The lowest BCUT2D eigenvalue weighted by Crippen LogP contribution is -2.48. The van der Waals surface area contributed by atoms with E-state index in [4.69, 9.17) is 4.74 Å². The van der Waals surface area contributed by atoms with Gasteiger partial charge in [-0.1, -0.05) is 24.3 Å². The number of benzene rings is 1. The van der Waals surface area contributed by atoms with Crippen molar-refractivity contribution in [3.8, 4) is 0 Å². The Balaban J connectivity index is 1.47. The van der Waals surface area contributed by atoms with E-state index in [1.165, 1.54) is 17.5 Å². The highest BCUT2D eigenvalue weighted by atomic mass is 16.6. The average molecular weight is 373 g/mol. The number of ether oxygens (including phenoxy) is 1. The highest BCUT2D eigenvalue weighted by Crippen LogP contribution is 2.33. The number of nitrogens with one attached hydrogen (secondary N) is 1. The van der Waals surface area contributed by atoms with Gasteiger partial charge in [0.05, 0.1) is 13.2 Å². The van der Waals surface area contributed by atoms with Crippen LogP contribution in [-0.2, 0) is 16.0 Å². The highest BCUT2D eigenvalue weighted by Gasteiger charge is 2.27. The largest absolute Gasteiger partial charge is 0.450 e. The maximum Gasteiger partial charge on any atom is 0.409 e. The molecule has 6 nitrogen and oxygen atoms in total. The second-order valence-corrected chi connectivity index (χ2v) is 7.55. The van der Waals surface area contributed by atoms with Crippen molar-refractivity contribution in [2.24, 2.45) is 0 Å². The molecule has 0 aromatic heterocycles. The fourth-order valence-electron chi connectivity index (χ4n) is 4.22. The van der Waals surface area contributed by atoms with E-state index in [1.807, 2.05) is 14.0 Å². The lowest BCUT2D eigenvalue weighted by atomic mass is 9.87. The lowest BCUT2D eigenvalue weighted by Gasteiger charge is -2.34. The minimum absolute atomic E-state index is 0.0649. The summed E-state index contributed by atoms with van der Waals surface area (Å²) in [5, 5.41) is 3.14. The van der Waals surface area contributed by atoms with Crippen LogP contribution in [0.4, 0.5) is 4.79 Å². The Bertz CT molecular complexity index is 656. The summed E-state index contributed by atoms with van der Waals surface area (Å²) < 4.78 is 5.04. The minimum Gasteiger partial charge on any atom is -0.450 e. The number of rotatable bonds is 5. The summed E-state index contributed by atoms with van der Waals surface area (Å²) in [7, 11) is 2.04. The third-order valence-corrected chi connectivity index (χ3v) is 5.65. The van der Waals surface area contributed by atoms with E-state index in [0.29, 0.717) is 32.3 Å². The molecule has 2 amide bonds. The fraction of sp³-hybridized carbons (Fsp3) is 0.619. The number of carbonyl (C=O) groups is 2. The van der Waals surface area contributed by atoms with Crippen LogP contribution in [0.25, 0.3) is 0 Å². The molecule has 1 aromatic carbocycles. The molecule has 1 aliphatic heterocycles. The molecule has 1 saturated heterocycles. The van der Waals surface area contributed by atoms with Gasteiger partial charge < -0.3 is 15.0 Å². The number of carbonyl (C=O) groups excluding carboxylic acids is 2. The van der Waals surface area contributed by atoms with Gasteiger partial charge in [0.25, 0.3) is 0 Å². The third kappa shape index (κ3) is 5.01. The van der Waals surface area contributed by atoms with Crippen molar-refractivity contribution in [2.75, 3.05) is 33.3 Å². The molecular formula is C21H31N3O3. The molecule has 1 heterocycles. The summed E-state index contributed by atoms with van der Waals surface area (Å²) >= 11 is 0. The van der Waals surface area contributed by atoms with Gasteiger partial charge in [-0.2, -0.15) is 0 Å². The second-order valence-electron chi connectivity index (χ2n) is 7.55. The van der Waals surface area contributed by atoms with Gasteiger partial charge in [0, 0.05) is 25.2 Å². The van der Waals surface area contributed by atoms with Crippen molar-refractivity contribution in [3.63, 3.8) is 0 Å². The number of nitrogens with zero attached hydrogens (tertiary/aromatic N) is 2. The first-order valence-corrected chi connectivity index (χ1v) is 10.1. The zero-order chi connectivity index (χ0) is 19.2. The lowest BCUT2D eigenvalue weighted by molar-refractivity contribution is -0.123. The third-order valence-electron chi connectivity index (χ3n) is 5.65. The number of piperidine rings is 1. The van der Waals surface area contributed by atoms with Crippen molar-refractivity contribution in [3.05, 3.63) is 35.4 Å². The molecular weight excluding hydrogens is 342 g/mol. The van der Waals surface area contributed by atoms with Gasteiger partial charge in [-0.15, -0.1) is 0 Å². The summed E-state index contributed by atoms with van der Waals surface area (Å²) in [6, 6.07) is 9.02. The van der Waals surface area contributed by atoms with E-state index >= 15 is 0 Å². The highest BCUT2D eigenvalue weighted by molar-refractivity contribution is 5.78. The van der Waals surface area contributed by atoms with Crippen molar-refractivity contribution >= 4 is 12.0 Å². The molecule has 0 spiro atoms. The van der Waals surface area contributed by atoms with Crippen molar-refractivity contribution in [1.82, 2.24) is 15.1 Å². The summed E-state index contributed by atoms with van der Waals surface area (Å²) in [6.45, 7) is 3.88. The van der Waals surface area contributed by atoms with E-state index in [-0.39, 0.29) is 18.0 Å². The first-order valence-electron chi connectivity index (χ1n) is 10.1. The van der Waals surface area contributed by atoms with Gasteiger partial charge in [0.1, 0.15) is 0 Å². The van der Waals surface area contributed by atoms with Crippen molar-refractivity contribution < 1.29 is 14.3 Å². The molecule has 3 rings (SSSR count). The molecule has 0 bridgehead atoms. The van der Waals surface area contributed by atoms with Gasteiger partial charge in [-0.05, 0) is 57.2 Å². The molecule has 1 atom stereocenters. The molecule has 1 fully saturated rings. The van der Waals surface area contributed by atoms with E-state index in [1.54, 1.807) is 4.90 Å². The van der Waals surface area contributed by atoms with E-state index < -0.39 is 0 Å². The Morgan fingerprint density at radius 2 is 1.96 bits per heavy atom. The molecule has 27 heavy (non-hydrogen) atoms. The molecule has 148 valence electrons. The van der Waals surface area contributed by atoms with Crippen LogP contribution in [-0.4, -0.2) is 61.1 Å². The topological polar surface area (TPSA) is 61.9 Å². The average Bonchev–Trinajstić information content (AvgIpc) is 2.68. The summed E-state index contributed by atoms with van der Waals surface area (Å²) in [4.78, 5) is 28.2.